The fraction of sp³-hybridized carbons (Fsp3) is 0.381. The van der Waals surface area contributed by atoms with Crippen molar-refractivity contribution < 1.29 is 4.79 Å². The highest BCUT2D eigenvalue weighted by atomic mass is 32.2. The number of rotatable bonds is 3. The van der Waals surface area contributed by atoms with Gasteiger partial charge in [-0.25, -0.2) is 14.5 Å². The SMILES string of the molecule is Cc1cc(C)n2nc(C(=O)N3CCCSC3=Nc3ccccc3C(C)C)nc2n1. The van der Waals surface area contributed by atoms with Crippen LogP contribution in [-0.2, 0) is 0 Å². The van der Waals surface area contributed by atoms with Crippen LogP contribution in [0, 0.1) is 13.8 Å². The van der Waals surface area contributed by atoms with E-state index in [4.69, 9.17) is 4.99 Å². The molecule has 0 saturated carbocycles. The summed E-state index contributed by atoms with van der Waals surface area (Å²) in [7, 11) is 0. The van der Waals surface area contributed by atoms with E-state index in [2.05, 4.69) is 35.0 Å². The summed E-state index contributed by atoms with van der Waals surface area (Å²) < 4.78 is 1.61. The molecular weight excluding hydrogens is 384 g/mol. The van der Waals surface area contributed by atoms with E-state index in [1.807, 2.05) is 38.1 Å². The zero-order valence-corrected chi connectivity index (χ0v) is 17.9. The van der Waals surface area contributed by atoms with Gasteiger partial charge in [0.05, 0.1) is 5.69 Å². The first kappa shape index (κ1) is 19.6. The van der Waals surface area contributed by atoms with Gasteiger partial charge >= 0.3 is 0 Å². The Kier molecular flexibility index (Phi) is 5.36. The molecule has 1 saturated heterocycles. The van der Waals surface area contributed by atoms with Crippen LogP contribution in [0.15, 0.2) is 35.3 Å². The van der Waals surface area contributed by atoms with Gasteiger partial charge in [0.1, 0.15) is 0 Å². The van der Waals surface area contributed by atoms with Gasteiger partial charge in [-0.2, -0.15) is 4.98 Å². The molecule has 0 unspecified atom stereocenters. The van der Waals surface area contributed by atoms with Crippen LogP contribution in [0.2, 0.25) is 0 Å². The van der Waals surface area contributed by atoms with Crippen LogP contribution in [0.25, 0.3) is 5.78 Å². The Morgan fingerprint density at radius 2 is 2.00 bits per heavy atom. The molecular formula is C21H24N6OS. The van der Waals surface area contributed by atoms with Gasteiger partial charge in [0.2, 0.25) is 5.82 Å². The average molecular weight is 409 g/mol. The molecule has 1 aliphatic rings. The van der Waals surface area contributed by atoms with Crippen LogP contribution < -0.4 is 0 Å². The highest BCUT2D eigenvalue weighted by Gasteiger charge is 2.28. The lowest BCUT2D eigenvalue weighted by Gasteiger charge is -2.27. The fourth-order valence-electron chi connectivity index (χ4n) is 3.40. The Bertz CT molecular complexity index is 1100. The van der Waals surface area contributed by atoms with Gasteiger partial charge in [0, 0.05) is 23.7 Å². The van der Waals surface area contributed by atoms with Crippen LogP contribution in [0.5, 0.6) is 0 Å². The molecule has 0 radical (unpaired) electrons. The zero-order valence-electron chi connectivity index (χ0n) is 17.1. The normalized spacial score (nSPS) is 16.2. The Morgan fingerprint density at radius 3 is 2.79 bits per heavy atom. The first-order chi connectivity index (χ1) is 13.9. The third-order valence-electron chi connectivity index (χ3n) is 4.82. The predicted molar refractivity (Wildman–Crippen MR) is 116 cm³/mol. The van der Waals surface area contributed by atoms with Crippen molar-refractivity contribution in [2.75, 3.05) is 12.3 Å². The summed E-state index contributed by atoms with van der Waals surface area (Å²) in [5, 5.41) is 5.11. The zero-order chi connectivity index (χ0) is 20.5. The molecule has 3 heterocycles. The van der Waals surface area contributed by atoms with Gasteiger partial charge in [-0.1, -0.05) is 43.8 Å². The molecule has 0 spiro atoms. The largest absolute Gasteiger partial charge is 0.299 e. The molecule has 1 aromatic carbocycles. The number of amides is 1. The van der Waals surface area contributed by atoms with Gasteiger partial charge in [0.15, 0.2) is 5.17 Å². The number of aryl methyl sites for hydroxylation is 2. The van der Waals surface area contributed by atoms with E-state index in [9.17, 15) is 4.79 Å². The number of carbonyl (C=O) groups excluding carboxylic acids is 1. The highest BCUT2D eigenvalue weighted by molar-refractivity contribution is 8.13. The van der Waals surface area contributed by atoms with Gasteiger partial charge < -0.3 is 0 Å². The van der Waals surface area contributed by atoms with Crippen molar-refractivity contribution >= 4 is 34.3 Å². The standard InChI is InChI=1S/C21H24N6OS/c1-13(2)16-8-5-6-9-17(16)23-21-26(10-7-11-29-21)19(28)18-24-20-22-14(3)12-15(4)27(20)25-18/h5-6,8-9,12-13H,7,10-11H2,1-4H3. The van der Waals surface area contributed by atoms with E-state index in [0.717, 1.165) is 29.2 Å². The number of fused-ring (bicyclic) bond motifs is 1. The molecule has 3 aromatic rings. The predicted octanol–water partition coefficient (Wildman–Crippen LogP) is 4.13. The van der Waals surface area contributed by atoms with Crippen molar-refractivity contribution in [2.45, 2.75) is 40.0 Å². The maximum atomic E-state index is 13.3. The maximum Gasteiger partial charge on any atom is 0.299 e. The van der Waals surface area contributed by atoms with Gasteiger partial charge in [-0.05, 0) is 43.9 Å². The molecule has 1 amide bonds. The lowest BCUT2D eigenvalue weighted by Crippen LogP contribution is -2.39. The van der Waals surface area contributed by atoms with Crippen molar-refractivity contribution in [1.29, 1.82) is 0 Å². The van der Waals surface area contributed by atoms with Crippen molar-refractivity contribution in [1.82, 2.24) is 24.5 Å². The second kappa shape index (κ2) is 7.94. The van der Waals surface area contributed by atoms with E-state index in [0.29, 0.717) is 23.4 Å². The number of thioether (sulfide) groups is 1. The van der Waals surface area contributed by atoms with Crippen LogP contribution in [0.3, 0.4) is 0 Å². The quantitative estimate of drug-likeness (QED) is 0.651. The summed E-state index contributed by atoms with van der Waals surface area (Å²) in [6.07, 6.45) is 0.908. The minimum absolute atomic E-state index is 0.151. The Hall–Kier alpha value is -2.74. The second-order valence-electron chi connectivity index (χ2n) is 7.45. The molecule has 1 aliphatic heterocycles. The Morgan fingerprint density at radius 1 is 1.21 bits per heavy atom. The lowest BCUT2D eigenvalue weighted by atomic mass is 10.0. The number of hydrogen-bond donors (Lipinski definition) is 0. The van der Waals surface area contributed by atoms with Crippen molar-refractivity contribution in [3.05, 3.63) is 53.1 Å². The van der Waals surface area contributed by atoms with Crippen LogP contribution in [0.1, 0.15) is 53.8 Å². The van der Waals surface area contributed by atoms with Gasteiger partial charge in [-0.15, -0.1) is 5.10 Å². The van der Waals surface area contributed by atoms with E-state index < -0.39 is 0 Å². The number of aliphatic imine (C=N–C) groups is 1. The number of para-hydroxylation sites is 1. The first-order valence-electron chi connectivity index (χ1n) is 9.77. The average Bonchev–Trinajstić information content (AvgIpc) is 3.12. The summed E-state index contributed by atoms with van der Waals surface area (Å²) >= 11 is 1.60. The van der Waals surface area contributed by atoms with E-state index in [1.54, 1.807) is 21.2 Å². The molecule has 4 rings (SSSR count). The summed E-state index contributed by atoms with van der Waals surface area (Å²) in [6, 6.07) is 10.0. The number of aromatic nitrogens is 4. The van der Waals surface area contributed by atoms with Crippen LogP contribution in [0.4, 0.5) is 5.69 Å². The molecule has 0 aliphatic carbocycles. The molecule has 2 aromatic heterocycles. The van der Waals surface area contributed by atoms with Gasteiger partial charge in [0.25, 0.3) is 11.7 Å². The van der Waals surface area contributed by atoms with Crippen molar-refractivity contribution in [3.63, 3.8) is 0 Å². The van der Waals surface area contributed by atoms with Crippen molar-refractivity contribution in [2.24, 2.45) is 4.99 Å². The number of nitrogens with zero attached hydrogens (tertiary/aromatic N) is 6. The number of amidine groups is 1. The number of benzene rings is 1. The molecule has 7 nitrogen and oxygen atoms in total. The van der Waals surface area contributed by atoms with Gasteiger partial charge in [-0.3, -0.25) is 9.69 Å². The summed E-state index contributed by atoms with van der Waals surface area (Å²) in [5.74, 6) is 1.65. The Balaban J connectivity index is 1.71. The summed E-state index contributed by atoms with van der Waals surface area (Å²) in [4.78, 5) is 28.6. The summed E-state index contributed by atoms with van der Waals surface area (Å²) in [6.45, 7) is 8.73. The fourth-order valence-corrected chi connectivity index (χ4v) is 4.35. The molecule has 150 valence electrons. The summed E-state index contributed by atoms with van der Waals surface area (Å²) in [5.41, 5.74) is 3.81. The van der Waals surface area contributed by atoms with Crippen LogP contribution in [-0.4, -0.2) is 47.9 Å². The smallest absolute Gasteiger partial charge is 0.284 e. The van der Waals surface area contributed by atoms with E-state index in [1.165, 1.54) is 5.56 Å². The molecule has 8 heteroatoms. The van der Waals surface area contributed by atoms with Crippen LogP contribution >= 0.6 is 11.8 Å². The molecule has 29 heavy (non-hydrogen) atoms. The van der Waals surface area contributed by atoms with E-state index in [-0.39, 0.29) is 11.7 Å². The Labute approximate surface area is 174 Å². The topological polar surface area (TPSA) is 75.8 Å². The highest BCUT2D eigenvalue weighted by Crippen LogP contribution is 2.29. The molecule has 0 bridgehead atoms. The lowest BCUT2D eigenvalue weighted by molar-refractivity contribution is 0.0838. The van der Waals surface area contributed by atoms with E-state index >= 15 is 0 Å². The monoisotopic (exact) mass is 408 g/mol. The van der Waals surface area contributed by atoms with Crippen molar-refractivity contribution in [3.8, 4) is 0 Å². The number of carbonyl (C=O) groups is 1. The second-order valence-corrected chi connectivity index (χ2v) is 8.51. The maximum absolute atomic E-state index is 13.3. The number of hydrogen-bond acceptors (Lipinski definition) is 6. The third kappa shape index (κ3) is 3.89. The molecule has 0 N–H and O–H groups in total. The third-order valence-corrected chi connectivity index (χ3v) is 5.88. The minimum atomic E-state index is -0.236. The first-order valence-corrected chi connectivity index (χ1v) is 10.8. The minimum Gasteiger partial charge on any atom is -0.284 e. The molecule has 1 fully saturated rings. The molecule has 0 atom stereocenters.